The minimum absolute atomic E-state index is 0.0581. The van der Waals surface area contributed by atoms with E-state index in [9.17, 15) is 4.79 Å². The van der Waals surface area contributed by atoms with Crippen LogP contribution in [0.25, 0.3) is 0 Å². The third kappa shape index (κ3) is 4.78. The Kier molecular flexibility index (Phi) is 6.67. The molecule has 4 nitrogen and oxygen atoms in total. The summed E-state index contributed by atoms with van der Waals surface area (Å²) in [6.07, 6.45) is 0.234. The van der Waals surface area contributed by atoms with Gasteiger partial charge in [0.1, 0.15) is 11.5 Å². The first kappa shape index (κ1) is 19.8. The van der Waals surface area contributed by atoms with Crippen molar-refractivity contribution in [1.29, 1.82) is 0 Å². The summed E-state index contributed by atoms with van der Waals surface area (Å²) in [6, 6.07) is 11.9. The van der Waals surface area contributed by atoms with Gasteiger partial charge in [0.15, 0.2) is 6.10 Å². The molecule has 0 aromatic heterocycles. The SMILES string of the molecule is CCC(NC(=O)C(C)Oc1ccc(C)cc1C)c1ccc(OC)c(C)c1. The van der Waals surface area contributed by atoms with Crippen LogP contribution in [0.4, 0.5) is 0 Å². The Morgan fingerprint density at radius 2 is 1.69 bits per heavy atom. The summed E-state index contributed by atoms with van der Waals surface area (Å²) in [6.45, 7) is 9.86. The van der Waals surface area contributed by atoms with Gasteiger partial charge in [0, 0.05) is 0 Å². The van der Waals surface area contributed by atoms with E-state index in [0.717, 1.165) is 34.6 Å². The van der Waals surface area contributed by atoms with Gasteiger partial charge in [0.25, 0.3) is 5.91 Å². The molecule has 2 atom stereocenters. The molecule has 0 saturated heterocycles. The molecule has 0 spiro atoms. The number of nitrogens with one attached hydrogen (secondary N) is 1. The Bertz CT molecular complexity index is 770. The molecule has 0 aliphatic rings. The quantitative estimate of drug-likeness (QED) is 0.786. The molecule has 0 fully saturated rings. The largest absolute Gasteiger partial charge is 0.496 e. The Labute approximate surface area is 156 Å². The lowest BCUT2D eigenvalue weighted by Crippen LogP contribution is -2.38. The van der Waals surface area contributed by atoms with Crippen molar-refractivity contribution < 1.29 is 14.3 Å². The van der Waals surface area contributed by atoms with Gasteiger partial charge >= 0.3 is 0 Å². The number of carbonyl (C=O) groups is 1. The molecule has 1 amide bonds. The van der Waals surface area contributed by atoms with Gasteiger partial charge in [-0.15, -0.1) is 0 Å². The highest BCUT2D eigenvalue weighted by Crippen LogP contribution is 2.25. The zero-order chi connectivity index (χ0) is 19.3. The van der Waals surface area contributed by atoms with Gasteiger partial charge in [-0.1, -0.05) is 36.8 Å². The molecule has 26 heavy (non-hydrogen) atoms. The molecular weight excluding hydrogens is 326 g/mol. The van der Waals surface area contributed by atoms with Crippen molar-refractivity contribution in [3.63, 3.8) is 0 Å². The van der Waals surface area contributed by atoms with Crippen molar-refractivity contribution >= 4 is 5.91 Å². The van der Waals surface area contributed by atoms with Crippen molar-refractivity contribution in [2.75, 3.05) is 7.11 Å². The van der Waals surface area contributed by atoms with Gasteiger partial charge in [0.05, 0.1) is 13.2 Å². The average Bonchev–Trinajstić information content (AvgIpc) is 2.61. The highest BCUT2D eigenvalue weighted by atomic mass is 16.5. The van der Waals surface area contributed by atoms with Gasteiger partial charge in [-0.3, -0.25) is 4.79 Å². The summed E-state index contributed by atoms with van der Waals surface area (Å²) in [7, 11) is 1.66. The Hall–Kier alpha value is -2.49. The van der Waals surface area contributed by atoms with E-state index in [0.29, 0.717) is 0 Å². The van der Waals surface area contributed by atoms with E-state index in [1.165, 1.54) is 5.56 Å². The smallest absolute Gasteiger partial charge is 0.261 e. The molecule has 0 heterocycles. The van der Waals surface area contributed by atoms with Crippen LogP contribution in [0.2, 0.25) is 0 Å². The molecular formula is C22H29NO3. The highest BCUT2D eigenvalue weighted by Gasteiger charge is 2.20. The van der Waals surface area contributed by atoms with Crippen molar-refractivity contribution in [3.8, 4) is 11.5 Å². The van der Waals surface area contributed by atoms with Crippen molar-refractivity contribution in [2.45, 2.75) is 53.2 Å². The summed E-state index contributed by atoms with van der Waals surface area (Å²) in [4.78, 5) is 12.6. The number of methoxy groups -OCH3 is 1. The van der Waals surface area contributed by atoms with E-state index in [4.69, 9.17) is 9.47 Å². The van der Waals surface area contributed by atoms with E-state index in [1.54, 1.807) is 14.0 Å². The Morgan fingerprint density at radius 1 is 1.04 bits per heavy atom. The van der Waals surface area contributed by atoms with Gasteiger partial charge < -0.3 is 14.8 Å². The fraction of sp³-hybridized carbons (Fsp3) is 0.409. The fourth-order valence-corrected chi connectivity index (χ4v) is 3.00. The molecule has 0 radical (unpaired) electrons. The molecule has 2 aromatic carbocycles. The summed E-state index contributed by atoms with van der Waals surface area (Å²) in [5.41, 5.74) is 4.32. The number of hydrogen-bond donors (Lipinski definition) is 1. The molecule has 2 rings (SSSR count). The van der Waals surface area contributed by atoms with Crippen LogP contribution in [0, 0.1) is 20.8 Å². The summed E-state index contributed by atoms with van der Waals surface area (Å²) in [5, 5.41) is 3.09. The summed E-state index contributed by atoms with van der Waals surface area (Å²) < 4.78 is 11.2. The number of ether oxygens (including phenoxy) is 2. The maximum Gasteiger partial charge on any atom is 0.261 e. The van der Waals surface area contributed by atoms with E-state index in [-0.39, 0.29) is 11.9 Å². The summed E-state index contributed by atoms with van der Waals surface area (Å²) in [5.74, 6) is 1.47. The molecule has 0 saturated carbocycles. The third-order valence-corrected chi connectivity index (χ3v) is 4.55. The topological polar surface area (TPSA) is 47.6 Å². The predicted octanol–water partition coefficient (Wildman–Crippen LogP) is 4.66. The Morgan fingerprint density at radius 3 is 2.27 bits per heavy atom. The van der Waals surface area contributed by atoms with Crippen molar-refractivity contribution in [1.82, 2.24) is 5.32 Å². The molecule has 2 aromatic rings. The standard InChI is InChI=1S/C22H29NO3/c1-7-19(18-9-11-20(25-6)16(4)13-18)23-22(24)17(5)26-21-10-8-14(2)12-15(21)3/h8-13,17,19H,7H2,1-6H3,(H,23,24). The molecule has 0 aliphatic carbocycles. The first-order chi connectivity index (χ1) is 12.3. The van der Waals surface area contributed by atoms with Gasteiger partial charge in [0.2, 0.25) is 0 Å². The lowest BCUT2D eigenvalue weighted by Gasteiger charge is -2.22. The zero-order valence-corrected chi connectivity index (χ0v) is 16.6. The van der Waals surface area contributed by atoms with E-state index >= 15 is 0 Å². The van der Waals surface area contributed by atoms with Crippen LogP contribution in [0.15, 0.2) is 36.4 Å². The first-order valence-corrected chi connectivity index (χ1v) is 9.04. The monoisotopic (exact) mass is 355 g/mol. The number of hydrogen-bond acceptors (Lipinski definition) is 3. The molecule has 1 N–H and O–H groups in total. The lowest BCUT2D eigenvalue weighted by molar-refractivity contribution is -0.128. The molecule has 0 bridgehead atoms. The van der Waals surface area contributed by atoms with Gasteiger partial charge in [-0.2, -0.15) is 0 Å². The van der Waals surface area contributed by atoms with E-state index < -0.39 is 6.10 Å². The minimum Gasteiger partial charge on any atom is -0.496 e. The first-order valence-electron chi connectivity index (χ1n) is 9.04. The van der Waals surface area contributed by atoms with E-state index in [2.05, 4.69) is 24.4 Å². The van der Waals surface area contributed by atoms with Crippen molar-refractivity contribution in [2.24, 2.45) is 0 Å². The van der Waals surface area contributed by atoms with Crippen LogP contribution in [0.5, 0.6) is 11.5 Å². The molecule has 140 valence electrons. The van der Waals surface area contributed by atoms with Gasteiger partial charge in [-0.25, -0.2) is 0 Å². The molecule has 4 heteroatoms. The normalized spacial score (nSPS) is 13.0. The van der Waals surface area contributed by atoms with Crippen LogP contribution >= 0.6 is 0 Å². The van der Waals surface area contributed by atoms with Crippen LogP contribution < -0.4 is 14.8 Å². The second kappa shape index (κ2) is 8.75. The second-order valence-electron chi connectivity index (χ2n) is 6.73. The minimum atomic E-state index is -0.565. The lowest BCUT2D eigenvalue weighted by atomic mass is 10.0. The zero-order valence-electron chi connectivity index (χ0n) is 16.6. The van der Waals surface area contributed by atoms with Gasteiger partial charge in [-0.05, 0) is 62.9 Å². The number of carbonyl (C=O) groups excluding carboxylic acids is 1. The van der Waals surface area contributed by atoms with Crippen molar-refractivity contribution in [3.05, 3.63) is 58.7 Å². The second-order valence-corrected chi connectivity index (χ2v) is 6.73. The number of amides is 1. The van der Waals surface area contributed by atoms with Crippen LogP contribution in [0.3, 0.4) is 0 Å². The fourth-order valence-electron chi connectivity index (χ4n) is 3.00. The summed E-state index contributed by atoms with van der Waals surface area (Å²) >= 11 is 0. The molecule has 0 aliphatic heterocycles. The number of aryl methyl sites for hydroxylation is 3. The highest BCUT2D eigenvalue weighted by molar-refractivity contribution is 5.81. The number of rotatable bonds is 7. The number of benzene rings is 2. The maximum absolute atomic E-state index is 12.6. The predicted molar refractivity (Wildman–Crippen MR) is 105 cm³/mol. The van der Waals surface area contributed by atoms with Crippen LogP contribution in [0.1, 0.15) is 48.6 Å². The van der Waals surface area contributed by atoms with E-state index in [1.807, 2.05) is 45.0 Å². The molecule has 2 unspecified atom stereocenters. The third-order valence-electron chi connectivity index (χ3n) is 4.55. The van der Waals surface area contributed by atoms with Crippen LogP contribution in [-0.2, 0) is 4.79 Å². The Balaban J connectivity index is 2.07. The van der Waals surface area contributed by atoms with Crippen LogP contribution in [-0.4, -0.2) is 19.1 Å². The average molecular weight is 355 g/mol. The maximum atomic E-state index is 12.6.